The number of amides is 1. The van der Waals surface area contributed by atoms with Crippen LogP contribution in [0.2, 0.25) is 10.0 Å². The minimum Gasteiger partial charge on any atom is -0.478 e. The van der Waals surface area contributed by atoms with Crippen LogP contribution in [-0.2, 0) is 11.3 Å². The van der Waals surface area contributed by atoms with Crippen molar-refractivity contribution < 1.29 is 14.7 Å². The number of pyridine rings is 1. The number of hydrogen-bond acceptors (Lipinski definition) is 4. The fraction of sp³-hybridized carbons (Fsp3) is 0.167. The Labute approximate surface area is 129 Å². The first-order valence-electron chi connectivity index (χ1n) is 5.82. The SMILES string of the molecule is O=C(CCn1cc(C(=O)O)cn1)Nc1ncc(Cl)cc1Cl. The van der Waals surface area contributed by atoms with E-state index >= 15 is 0 Å². The molecule has 0 aliphatic rings. The van der Waals surface area contributed by atoms with Gasteiger partial charge in [0.2, 0.25) is 5.91 Å². The lowest BCUT2D eigenvalue weighted by atomic mass is 10.3. The van der Waals surface area contributed by atoms with E-state index in [9.17, 15) is 9.59 Å². The van der Waals surface area contributed by atoms with Crippen molar-refractivity contribution in [3.8, 4) is 0 Å². The van der Waals surface area contributed by atoms with Crippen LogP contribution in [-0.4, -0.2) is 31.7 Å². The van der Waals surface area contributed by atoms with Gasteiger partial charge in [0.05, 0.1) is 21.8 Å². The van der Waals surface area contributed by atoms with E-state index in [2.05, 4.69) is 15.4 Å². The minimum atomic E-state index is -1.07. The van der Waals surface area contributed by atoms with E-state index in [0.29, 0.717) is 5.02 Å². The van der Waals surface area contributed by atoms with Crippen molar-refractivity contribution in [3.63, 3.8) is 0 Å². The van der Waals surface area contributed by atoms with Crippen LogP contribution in [0.4, 0.5) is 5.82 Å². The van der Waals surface area contributed by atoms with E-state index in [1.54, 1.807) is 0 Å². The van der Waals surface area contributed by atoms with E-state index in [-0.39, 0.29) is 35.3 Å². The molecule has 0 unspecified atom stereocenters. The zero-order chi connectivity index (χ0) is 15.4. The van der Waals surface area contributed by atoms with Crippen molar-refractivity contribution in [1.29, 1.82) is 0 Å². The van der Waals surface area contributed by atoms with E-state index in [0.717, 1.165) is 0 Å². The summed E-state index contributed by atoms with van der Waals surface area (Å²) in [6.07, 6.45) is 4.04. The van der Waals surface area contributed by atoms with E-state index < -0.39 is 5.97 Å². The Bertz CT molecular complexity index is 687. The molecule has 0 spiro atoms. The molecule has 0 radical (unpaired) electrons. The summed E-state index contributed by atoms with van der Waals surface area (Å²) >= 11 is 11.6. The van der Waals surface area contributed by atoms with E-state index in [1.807, 2.05) is 0 Å². The maximum atomic E-state index is 11.8. The summed E-state index contributed by atoms with van der Waals surface area (Å²) in [5.41, 5.74) is 0.0674. The van der Waals surface area contributed by atoms with Gasteiger partial charge in [0.1, 0.15) is 0 Å². The number of carbonyl (C=O) groups is 2. The molecule has 7 nitrogen and oxygen atoms in total. The molecule has 0 saturated carbocycles. The van der Waals surface area contributed by atoms with Crippen molar-refractivity contribution in [2.75, 3.05) is 5.32 Å². The largest absolute Gasteiger partial charge is 0.478 e. The molecule has 1 amide bonds. The topological polar surface area (TPSA) is 97.1 Å². The predicted molar refractivity (Wildman–Crippen MR) is 76.7 cm³/mol. The number of anilines is 1. The standard InChI is InChI=1S/C12H10Cl2N4O3/c13-8-3-9(14)11(15-5-8)17-10(19)1-2-18-6-7(4-16-18)12(20)21/h3-6H,1-2H2,(H,20,21)(H,15,17,19). The molecular weight excluding hydrogens is 319 g/mol. The quantitative estimate of drug-likeness (QED) is 0.877. The Hall–Kier alpha value is -2.12. The van der Waals surface area contributed by atoms with Gasteiger partial charge in [-0.3, -0.25) is 9.48 Å². The lowest BCUT2D eigenvalue weighted by Crippen LogP contribution is -2.15. The summed E-state index contributed by atoms with van der Waals surface area (Å²) < 4.78 is 1.37. The average molecular weight is 329 g/mol. The lowest BCUT2D eigenvalue weighted by Gasteiger charge is -2.06. The molecule has 2 heterocycles. The molecule has 0 aliphatic heterocycles. The Balaban J connectivity index is 1.91. The number of carboxylic acids is 1. The van der Waals surface area contributed by atoms with Crippen LogP contribution in [0.5, 0.6) is 0 Å². The second kappa shape index (κ2) is 6.55. The van der Waals surface area contributed by atoms with Crippen molar-refractivity contribution in [2.24, 2.45) is 0 Å². The van der Waals surface area contributed by atoms with Gasteiger partial charge in [-0.15, -0.1) is 0 Å². The fourth-order valence-electron chi connectivity index (χ4n) is 1.51. The van der Waals surface area contributed by atoms with Crippen LogP contribution in [0.3, 0.4) is 0 Å². The molecule has 21 heavy (non-hydrogen) atoms. The van der Waals surface area contributed by atoms with Crippen LogP contribution in [0.25, 0.3) is 0 Å². The fourth-order valence-corrected chi connectivity index (χ4v) is 1.94. The Morgan fingerprint density at radius 1 is 1.33 bits per heavy atom. The summed E-state index contributed by atoms with van der Waals surface area (Å²) in [5.74, 6) is -1.17. The molecule has 9 heteroatoms. The Morgan fingerprint density at radius 2 is 2.10 bits per heavy atom. The van der Waals surface area contributed by atoms with Gasteiger partial charge in [-0.2, -0.15) is 5.10 Å². The molecule has 110 valence electrons. The van der Waals surface area contributed by atoms with Gasteiger partial charge < -0.3 is 10.4 Å². The molecule has 0 aliphatic carbocycles. The molecule has 0 saturated heterocycles. The van der Waals surface area contributed by atoms with Crippen LogP contribution in [0.1, 0.15) is 16.8 Å². The number of aromatic nitrogens is 3. The number of aromatic carboxylic acids is 1. The second-order valence-electron chi connectivity index (χ2n) is 4.08. The molecule has 2 rings (SSSR count). The number of rotatable bonds is 5. The van der Waals surface area contributed by atoms with Gasteiger partial charge in [-0.25, -0.2) is 9.78 Å². The van der Waals surface area contributed by atoms with Crippen LogP contribution < -0.4 is 5.32 Å². The molecule has 0 atom stereocenters. The number of halogens is 2. The van der Waals surface area contributed by atoms with Gasteiger partial charge in [0.15, 0.2) is 5.82 Å². The smallest absolute Gasteiger partial charge is 0.338 e. The molecule has 2 N–H and O–H groups in total. The highest BCUT2D eigenvalue weighted by atomic mass is 35.5. The number of nitrogens with one attached hydrogen (secondary N) is 1. The maximum Gasteiger partial charge on any atom is 0.338 e. The van der Waals surface area contributed by atoms with Gasteiger partial charge in [0.25, 0.3) is 0 Å². The van der Waals surface area contributed by atoms with Gasteiger partial charge in [-0.05, 0) is 6.07 Å². The number of aryl methyl sites for hydroxylation is 1. The van der Waals surface area contributed by atoms with Gasteiger partial charge in [-0.1, -0.05) is 23.2 Å². The van der Waals surface area contributed by atoms with Crippen molar-refractivity contribution in [1.82, 2.24) is 14.8 Å². The van der Waals surface area contributed by atoms with Crippen LogP contribution >= 0.6 is 23.2 Å². The number of carbonyl (C=O) groups excluding carboxylic acids is 1. The number of hydrogen-bond donors (Lipinski definition) is 2. The summed E-state index contributed by atoms with van der Waals surface area (Å²) in [6, 6.07) is 1.47. The third-order valence-corrected chi connectivity index (χ3v) is 3.01. The molecule has 2 aromatic rings. The summed E-state index contributed by atoms with van der Waals surface area (Å²) in [7, 11) is 0. The van der Waals surface area contributed by atoms with Gasteiger partial charge >= 0.3 is 5.97 Å². The van der Waals surface area contributed by atoms with Gasteiger partial charge in [0, 0.05) is 25.4 Å². The highest BCUT2D eigenvalue weighted by Crippen LogP contribution is 2.22. The summed E-state index contributed by atoms with van der Waals surface area (Å²) in [4.78, 5) is 26.4. The first kappa shape index (κ1) is 15.3. The minimum absolute atomic E-state index is 0.0674. The Morgan fingerprint density at radius 3 is 2.71 bits per heavy atom. The molecule has 0 bridgehead atoms. The molecule has 0 fully saturated rings. The van der Waals surface area contributed by atoms with Crippen molar-refractivity contribution in [3.05, 3.63) is 40.3 Å². The van der Waals surface area contributed by atoms with Crippen LogP contribution in [0, 0.1) is 0 Å². The molecule has 2 aromatic heterocycles. The zero-order valence-corrected chi connectivity index (χ0v) is 12.1. The maximum absolute atomic E-state index is 11.8. The average Bonchev–Trinajstić information content (AvgIpc) is 2.89. The third-order valence-electron chi connectivity index (χ3n) is 2.51. The molecular formula is C12H10Cl2N4O3. The highest BCUT2D eigenvalue weighted by Gasteiger charge is 2.10. The Kier molecular flexibility index (Phi) is 4.77. The van der Waals surface area contributed by atoms with Crippen molar-refractivity contribution in [2.45, 2.75) is 13.0 Å². The van der Waals surface area contributed by atoms with Crippen molar-refractivity contribution >= 4 is 40.9 Å². The summed E-state index contributed by atoms with van der Waals surface area (Å²) in [6.45, 7) is 0.240. The third kappa shape index (κ3) is 4.17. The number of carboxylic acid groups (broad SMARTS) is 1. The highest BCUT2D eigenvalue weighted by molar-refractivity contribution is 6.36. The number of nitrogens with zero attached hydrogens (tertiary/aromatic N) is 3. The zero-order valence-electron chi connectivity index (χ0n) is 10.6. The first-order chi connectivity index (χ1) is 9.95. The first-order valence-corrected chi connectivity index (χ1v) is 6.58. The second-order valence-corrected chi connectivity index (χ2v) is 4.92. The van der Waals surface area contributed by atoms with Crippen LogP contribution in [0.15, 0.2) is 24.7 Å². The summed E-state index contributed by atoms with van der Waals surface area (Å²) in [5, 5.41) is 15.7. The van der Waals surface area contributed by atoms with E-state index in [4.69, 9.17) is 28.3 Å². The predicted octanol–water partition coefficient (Wildman–Crippen LogP) is 2.31. The lowest BCUT2D eigenvalue weighted by molar-refractivity contribution is -0.116. The monoisotopic (exact) mass is 328 g/mol. The normalized spacial score (nSPS) is 10.4. The van der Waals surface area contributed by atoms with E-state index in [1.165, 1.54) is 29.3 Å². The molecule has 0 aromatic carbocycles.